The van der Waals surface area contributed by atoms with Crippen molar-refractivity contribution < 1.29 is 0 Å². The van der Waals surface area contributed by atoms with Crippen molar-refractivity contribution >= 4 is 32.6 Å². The predicted octanol–water partition coefficient (Wildman–Crippen LogP) is 11.2. The third-order valence-electron chi connectivity index (χ3n) is 9.86. The largest absolute Gasteiger partial charge is 0.292 e. The van der Waals surface area contributed by atoms with Crippen molar-refractivity contribution in [2.24, 2.45) is 0 Å². The van der Waals surface area contributed by atoms with Crippen molar-refractivity contribution in [3.8, 4) is 62.1 Å². The fraction of sp³-hybridized carbons (Fsp3) is 0. The van der Waals surface area contributed by atoms with Crippen LogP contribution in [0.5, 0.6) is 0 Å². The van der Waals surface area contributed by atoms with E-state index in [2.05, 4.69) is 148 Å². The number of aromatic nitrogens is 6. The molecule has 0 spiro atoms. The molecule has 0 fully saturated rings. The molecule has 0 saturated carbocycles. The van der Waals surface area contributed by atoms with Crippen molar-refractivity contribution in [2.75, 3.05) is 0 Å². The first-order valence-corrected chi connectivity index (χ1v) is 17.6. The van der Waals surface area contributed by atoms with Gasteiger partial charge >= 0.3 is 0 Å². The highest BCUT2D eigenvalue weighted by molar-refractivity contribution is 6.20. The second-order valence-corrected chi connectivity index (χ2v) is 13.0. The third-order valence-corrected chi connectivity index (χ3v) is 9.86. The molecule has 0 N–H and O–H groups in total. The van der Waals surface area contributed by atoms with E-state index < -0.39 is 0 Å². The van der Waals surface area contributed by atoms with Crippen molar-refractivity contribution in [1.82, 2.24) is 29.5 Å². The molecular formula is C47H30N6. The first-order chi connectivity index (χ1) is 26.3. The fourth-order valence-electron chi connectivity index (χ4n) is 7.43. The summed E-state index contributed by atoms with van der Waals surface area (Å²) in [5.41, 5.74) is 10.6. The average Bonchev–Trinajstić information content (AvgIpc) is 3.63. The molecule has 0 unspecified atom stereocenters. The maximum atomic E-state index is 5.17. The standard InChI is InChI=1S/C47H30N6/c1-3-11-33(12-4-1)47-52-41-30-35(22-24-42(41)53(47)36-13-5-2-6-14-36)32-19-17-31(18-20-32)34-21-23-39-40(29-34)44(46-50-27-10-28-51-46)38-16-8-7-15-37(38)43(39)45-48-25-9-26-49-45/h1-30H. The average molecular weight is 679 g/mol. The molecule has 10 rings (SSSR count). The van der Waals surface area contributed by atoms with Crippen LogP contribution in [0.15, 0.2) is 183 Å². The molecule has 0 atom stereocenters. The van der Waals surface area contributed by atoms with E-state index in [4.69, 9.17) is 15.0 Å². The van der Waals surface area contributed by atoms with Gasteiger partial charge in [0.15, 0.2) is 11.6 Å². The molecule has 53 heavy (non-hydrogen) atoms. The zero-order valence-corrected chi connectivity index (χ0v) is 28.5. The van der Waals surface area contributed by atoms with Crippen LogP contribution in [0.1, 0.15) is 0 Å². The van der Waals surface area contributed by atoms with Crippen LogP contribution in [0.2, 0.25) is 0 Å². The molecule has 0 aliphatic carbocycles. The van der Waals surface area contributed by atoms with Crippen LogP contribution >= 0.6 is 0 Å². The van der Waals surface area contributed by atoms with Gasteiger partial charge in [-0.2, -0.15) is 0 Å². The maximum absolute atomic E-state index is 5.17. The molecule has 3 aromatic heterocycles. The Morgan fingerprint density at radius 3 is 1.47 bits per heavy atom. The monoisotopic (exact) mass is 678 g/mol. The lowest BCUT2D eigenvalue weighted by atomic mass is 9.88. The highest BCUT2D eigenvalue weighted by atomic mass is 15.1. The minimum Gasteiger partial charge on any atom is -0.292 e. The van der Waals surface area contributed by atoms with Gasteiger partial charge in [-0.1, -0.05) is 115 Å². The fourth-order valence-corrected chi connectivity index (χ4v) is 7.43. The van der Waals surface area contributed by atoms with Crippen LogP contribution in [-0.2, 0) is 0 Å². The number of fused-ring (bicyclic) bond motifs is 3. The lowest BCUT2D eigenvalue weighted by Crippen LogP contribution is -1.97. The Morgan fingerprint density at radius 2 is 0.849 bits per heavy atom. The Hall–Kier alpha value is -7.31. The van der Waals surface area contributed by atoms with Crippen LogP contribution in [0, 0.1) is 0 Å². The van der Waals surface area contributed by atoms with Crippen LogP contribution in [0.4, 0.5) is 0 Å². The molecule has 0 bridgehead atoms. The summed E-state index contributed by atoms with van der Waals surface area (Å²) in [7, 11) is 0. The lowest BCUT2D eigenvalue weighted by molar-refractivity contribution is 1.10. The summed E-state index contributed by atoms with van der Waals surface area (Å²) in [6.45, 7) is 0. The van der Waals surface area contributed by atoms with Gasteiger partial charge in [0.25, 0.3) is 0 Å². The Balaban J connectivity index is 1.09. The first kappa shape index (κ1) is 30.5. The van der Waals surface area contributed by atoms with Crippen molar-refractivity contribution in [3.05, 3.63) is 183 Å². The lowest BCUT2D eigenvalue weighted by Gasteiger charge is -2.16. The summed E-state index contributed by atoms with van der Waals surface area (Å²) in [5, 5.41) is 4.22. The normalized spacial score (nSPS) is 11.4. The van der Waals surface area contributed by atoms with Gasteiger partial charge in [0.2, 0.25) is 0 Å². The number of rotatable bonds is 6. The van der Waals surface area contributed by atoms with Gasteiger partial charge in [-0.3, -0.25) is 4.57 Å². The van der Waals surface area contributed by atoms with Gasteiger partial charge in [-0.05, 0) is 86.3 Å². The summed E-state index contributed by atoms with van der Waals surface area (Å²) in [6, 6.07) is 54.8. The topological polar surface area (TPSA) is 69.4 Å². The van der Waals surface area contributed by atoms with E-state index in [0.717, 1.165) is 83.0 Å². The summed E-state index contributed by atoms with van der Waals surface area (Å²) in [4.78, 5) is 23.9. The Kier molecular flexibility index (Phi) is 7.36. The van der Waals surface area contributed by atoms with Crippen molar-refractivity contribution in [1.29, 1.82) is 0 Å². The molecule has 10 aromatic rings. The summed E-state index contributed by atoms with van der Waals surface area (Å²) in [5.74, 6) is 2.29. The second-order valence-electron chi connectivity index (χ2n) is 13.0. The minimum atomic E-state index is 0.683. The number of hydrogen-bond donors (Lipinski definition) is 0. The molecule has 0 aliphatic heterocycles. The highest BCUT2D eigenvalue weighted by Gasteiger charge is 2.20. The summed E-state index contributed by atoms with van der Waals surface area (Å²) >= 11 is 0. The van der Waals surface area contributed by atoms with E-state index in [-0.39, 0.29) is 0 Å². The van der Waals surface area contributed by atoms with E-state index in [1.165, 1.54) is 0 Å². The van der Waals surface area contributed by atoms with Crippen LogP contribution in [0.3, 0.4) is 0 Å². The quantitative estimate of drug-likeness (QED) is 0.164. The Morgan fingerprint density at radius 1 is 0.358 bits per heavy atom. The molecule has 0 radical (unpaired) electrons. The molecule has 3 heterocycles. The summed E-state index contributed by atoms with van der Waals surface area (Å²) in [6.07, 6.45) is 7.18. The molecular weight excluding hydrogens is 649 g/mol. The van der Waals surface area contributed by atoms with E-state index in [1.807, 2.05) is 24.3 Å². The molecule has 6 heteroatoms. The first-order valence-electron chi connectivity index (χ1n) is 17.6. The SMILES string of the molecule is c1ccc(-c2nc3cc(-c4ccc(-c5ccc6c(-c7ncccn7)c7ccccc7c(-c7ncccn7)c6c5)cc4)ccc3n2-c2ccccc2)cc1. The van der Waals surface area contributed by atoms with E-state index in [0.29, 0.717) is 11.6 Å². The minimum absolute atomic E-state index is 0.683. The van der Waals surface area contributed by atoms with Gasteiger partial charge in [-0.15, -0.1) is 0 Å². The maximum Gasteiger partial charge on any atom is 0.160 e. The number of imidazole rings is 1. The predicted molar refractivity (Wildman–Crippen MR) is 214 cm³/mol. The zero-order chi connectivity index (χ0) is 35.1. The number of benzene rings is 7. The Bertz CT molecular complexity index is 2910. The van der Waals surface area contributed by atoms with Crippen molar-refractivity contribution in [3.63, 3.8) is 0 Å². The van der Waals surface area contributed by atoms with Gasteiger partial charge in [-0.25, -0.2) is 24.9 Å². The molecule has 248 valence electrons. The van der Waals surface area contributed by atoms with E-state index in [1.54, 1.807) is 24.8 Å². The van der Waals surface area contributed by atoms with Gasteiger partial charge in [0, 0.05) is 47.2 Å². The van der Waals surface area contributed by atoms with E-state index >= 15 is 0 Å². The highest BCUT2D eigenvalue weighted by Crippen LogP contribution is 2.43. The van der Waals surface area contributed by atoms with Crippen LogP contribution < -0.4 is 0 Å². The van der Waals surface area contributed by atoms with Crippen LogP contribution in [0.25, 0.3) is 94.7 Å². The number of hydrogen-bond acceptors (Lipinski definition) is 5. The van der Waals surface area contributed by atoms with E-state index in [9.17, 15) is 0 Å². The Labute approximate surface area is 305 Å². The third kappa shape index (κ3) is 5.32. The molecule has 0 amide bonds. The number of nitrogens with zero attached hydrogens (tertiary/aromatic N) is 6. The van der Waals surface area contributed by atoms with Gasteiger partial charge < -0.3 is 0 Å². The number of para-hydroxylation sites is 1. The summed E-state index contributed by atoms with van der Waals surface area (Å²) < 4.78 is 2.24. The molecule has 0 saturated heterocycles. The smallest absolute Gasteiger partial charge is 0.160 e. The molecule has 0 aliphatic rings. The van der Waals surface area contributed by atoms with Gasteiger partial charge in [0.05, 0.1) is 11.0 Å². The second kappa shape index (κ2) is 12.8. The van der Waals surface area contributed by atoms with Crippen LogP contribution in [-0.4, -0.2) is 29.5 Å². The van der Waals surface area contributed by atoms with Gasteiger partial charge in [0.1, 0.15) is 5.82 Å². The molecule has 6 nitrogen and oxygen atoms in total. The molecule has 7 aromatic carbocycles. The zero-order valence-electron chi connectivity index (χ0n) is 28.5. The van der Waals surface area contributed by atoms with Crippen molar-refractivity contribution in [2.45, 2.75) is 0 Å².